The van der Waals surface area contributed by atoms with E-state index in [0.717, 1.165) is 26.3 Å². The second kappa shape index (κ2) is 7.80. The maximum atomic E-state index is 11.8. The van der Waals surface area contributed by atoms with Gasteiger partial charge in [-0.15, -0.1) is 0 Å². The van der Waals surface area contributed by atoms with Gasteiger partial charge in [0.15, 0.2) is 0 Å². The summed E-state index contributed by atoms with van der Waals surface area (Å²) in [6.07, 6.45) is 1.56. The summed E-state index contributed by atoms with van der Waals surface area (Å²) >= 11 is 0. The molecule has 2 amide bonds. The maximum absolute atomic E-state index is 11.8. The fraction of sp³-hybridized carbons (Fsp3) is 0.571. The zero-order chi connectivity index (χ0) is 15.1. The zero-order valence-corrected chi connectivity index (χ0v) is 12.5. The van der Waals surface area contributed by atoms with Crippen LogP contribution in [-0.4, -0.2) is 61.9 Å². The van der Waals surface area contributed by atoms with Gasteiger partial charge in [0, 0.05) is 31.7 Å². The Balaban J connectivity index is 1.73. The average molecular weight is 294 g/mol. The van der Waals surface area contributed by atoms with Crippen molar-refractivity contribution in [3.8, 4) is 5.88 Å². The number of morpholine rings is 1. The fourth-order valence-electron chi connectivity index (χ4n) is 2.14. The van der Waals surface area contributed by atoms with Crippen LogP contribution in [0, 0.1) is 0 Å². The molecule has 1 aliphatic rings. The number of carbonyl (C=O) groups excluding carboxylic acids is 1. The summed E-state index contributed by atoms with van der Waals surface area (Å²) in [5, 5.41) is 5.61. The number of rotatable bonds is 5. The van der Waals surface area contributed by atoms with E-state index >= 15 is 0 Å². The third-order valence-electron chi connectivity index (χ3n) is 3.43. The topological polar surface area (TPSA) is 75.7 Å². The van der Waals surface area contributed by atoms with Crippen LogP contribution in [0.15, 0.2) is 18.3 Å². The van der Waals surface area contributed by atoms with Crippen LogP contribution in [0.3, 0.4) is 0 Å². The maximum Gasteiger partial charge on any atom is 0.319 e. The van der Waals surface area contributed by atoms with Crippen molar-refractivity contribution in [2.45, 2.75) is 13.0 Å². The molecule has 7 nitrogen and oxygen atoms in total. The first kappa shape index (κ1) is 15.5. The molecular formula is C14H22N4O3. The number of hydrogen-bond acceptors (Lipinski definition) is 5. The summed E-state index contributed by atoms with van der Waals surface area (Å²) in [7, 11) is 1.55. The van der Waals surface area contributed by atoms with Crippen molar-refractivity contribution < 1.29 is 14.3 Å². The number of amides is 2. The predicted molar refractivity (Wildman–Crippen MR) is 79.7 cm³/mol. The first-order valence-electron chi connectivity index (χ1n) is 7.05. The molecule has 21 heavy (non-hydrogen) atoms. The van der Waals surface area contributed by atoms with Gasteiger partial charge in [-0.3, -0.25) is 4.90 Å². The molecule has 0 unspecified atom stereocenters. The molecule has 0 aromatic carbocycles. The molecule has 1 atom stereocenters. The molecule has 1 aromatic rings. The van der Waals surface area contributed by atoms with E-state index in [-0.39, 0.29) is 12.1 Å². The van der Waals surface area contributed by atoms with Gasteiger partial charge < -0.3 is 20.1 Å². The van der Waals surface area contributed by atoms with E-state index in [1.807, 2.05) is 0 Å². The number of hydrogen-bond donors (Lipinski definition) is 2. The largest absolute Gasteiger partial charge is 0.481 e. The molecule has 0 radical (unpaired) electrons. The van der Waals surface area contributed by atoms with E-state index < -0.39 is 0 Å². The number of urea groups is 1. The van der Waals surface area contributed by atoms with Crippen molar-refractivity contribution in [2.75, 3.05) is 45.3 Å². The Kier molecular flexibility index (Phi) is 5.77. The van der Waals surface area contributed by atoms with Crippen molar-refractivity contribution in [1.29, 1.82) is 0 Å². The van der Waals surface area contributed by atoms with Crippen molar-refractivity contribution in [2.24, 2.45) is 0 Å². The van der Waals surface area contributed by atoms with Crippen LogP contribution in [0.25, 0.3) is 0 Å². The molecule has 116 valence electrons. The lowest BCUT2D eigenvalue weighted by Crippen LogP contribution is -2.47. The summed E-state index contributed by atoms with van der Waals surface area (Å²) in [5.74, 6) is 0.516. The Bertz CT molecular complexity index is 446. The SMILES string of the molecule is COc1ccc(NC(=O)NC[C@@H](C)N2CCOCC2)cn1. The Morgan fingerprint density at radius 1 is 1.48 bits per heavy atom. The van der Waals surface area contributed by atoms with Crippen molar-refractivity contribution >= 4 is 11.7 Å². The predicted octanol–water partition coefficient (Wildman–Crippen LogP) is 0.932. The van der Waals surface area contributed by atoms with Gasteiger partial charge in [-0.05, 0) is 13.0 Å². The van der Waals surface area contributed by atoms with Gasteiger partial charge in [0.2, 0.25) is 5.88 Å². The Labute approximate surface area is 124 Å². The van der Waals surface area contributed by atoms with E-state index in [1.54, 1.807) is 25.4 Å². The molecule has 0 saturated carbocycles. The van der Waals surface area contributed by atoms with Crippen LogP contribution >= 0.6 is 0 Å². The Morgan fingerprint density at radius 2 is 2.24 bits per heavy atom. The molecule has 1 saturated heterocycles. The van der Waals surface area contributed by atoms with E-state index in [4.69, 9.17) is 9.47 Å². The number of anilines is 1. The molecule has 1 fully saturated rings. The van der Waals surface area contributed by atoms with E-state index in [1.165, 1.54) is 0 Å². The quantitative estimate of drug-likeness (QED) is 0.845. The zero-order valence-electron chi connectivity index (χ0n) is 12.5. The van der Waals surface area contributed by atoms with Gasteiger partial charge in [-0.1, -0.05) is 0 Å². The number of nitrogens with one attached hydrogen (secondary N) is 2. The van der Waals surface area contributed by atoms with Crippen LogP contribution in [0.5, 0.6) is 5.88 Å². The van der Waals surface area contributed by atoms with E-state index in [0.29, 0.717) is 18.1 Å². The number of pyridine rings is 1. The van der Waals surface area contributed by atoms with Gasteiger partial charge >= 0.3 is 6.03 Å². The number of carbonyl (C=O) groups is 1. The Morgan fingerprint density at radius 3 is 2.86 bits per heavy atom. The van der Waals surface area contributed by atoms with Gasteiger partial charge in [0.1, 0.15) is 0 Å². The van der Waals surface area contributed by atoms with Crippen LogP contribution in [0.4, 0.5) is 10.5 Å². The number of methoxy groups -OCH3 is 1. The molecule has 1 aliphatic heterocycles. The van der Waals surface area contributed by atoms with Crippen LogP contribution in [0.1, 0.15) is 6.92 Å². The highest BCUT2D eigenvalue weighted by Crippen LogP contribution is 2.10. The number of nitrogens with zero attached hydrogens (tertiary/aromatic N) is 2. The minimum atomic E-state index is -0.234. The highest BCUT2D eigenvalue weighted by Gasteiger charge is 2.17. The minimum absolute atomic E-state index is 0.234. The van der Waals surface area contributed by atoms with Gasteiger partial charge in [0.05, 0.1) is 32.2 Å². The number of aromatic nitrogens is 1. The molecule has 0 bridgehead atoms. The molecule has 2 N–H and O–H groups in total. The highest BCUT2D eigenvalue weighted by molar-refractivity contribution is 5.89. The molecule has 1 aromatic heterocycles. The summed E-state index contributed by atoms with van der Waals surface area (Å²) in [6, 6.07) is 3.50. The fourth-order valence-corrected chi connectivity index (χ4v) is 2.14. The average Bonchev–Trinajstić information content (AvgIpc) is 2.54. The van der Waals surface area contributed by atoms with E-state index in [9.17, 15) is 4.79 Å². The normalized spacial score (nSPS) is 17.0. The van der Waals surface area contributed by atoms with Crippen LogP contribution in [-0.2, 0) is 4.74 Å². The second-order valence-corrected chi connectivity index (χ2v) is 4.92. The highest BCUT2D eigenvalue weighted by atomic mass is 16.5. The molecule has 7 heteroatoms. The second-order valence-electron chi connectivity index (χ2n) is 4.92. The first-order valence-corrected chi connectivity index (χ1v) is 7.05. The minimum Gasteiger partial charge on any atom is -0.481 e. The van der Waals surface area contributed by atoms with Crippen molar-refractivity contribution in [3.05, 3.63) is 18.3 Å². The third kappa shape index (κ3) is 4.87. The Hall–Kier alpha value is -1.86. The molecule has 0 spiro atoms. The molecular weight excluding hydrogens is 272 g/mol. The molecule has 0 aliphatic carbocycles. The lowest BCUT2D eigenvalue weighted by atomic mass is 10.2. The van der Waals surface area contributed by atoms with Crippen LogP contribution < -0.4 is 15.4 Å². The van der Waals surface area contributed by atoms with Crippen molar-refractivity contribution in [3.63, 3.8) is 0 Å². The standard InChI is InChI=1S/C14H22N4O3/c1-11(18-5-7-21-8-6-18)9-16-14(19)17-12-3-4-13(20-2)15-10-12/h3-4,10-11H,5-9H2,1-2H3,(H2,16,17,19)/t11-/m1/s1. The summed E-state index contributed by atoms with van der Waals surface area (Å²) < 4.78 is 10.3. The molecule has 2 rings (SSSR count). The number of ether oxygens (including phenoxy) is 2. The van der Waals surface area contributed by atoms with Gasteiger partial charge in [-0.25, -0.2) is 9.78 Å². The lowest BCUT2D eigenvalue weighted by Gasteiger charge is -2.32. The summed E-state index contributed by atoms with van der Waals surface area (Å²) in [6.45, 7) is 6.03. The third-order valence-corrected chi connectivity index (χ3v) is 3.43. The first-order chi connectivity index (χ1) is 10.2. The van der Waals surface area contributed by atoms with Crippen molar-refractivity contribution in [1.82, 2.24) is 15.2 Å². The van der Waals surface area contributed by atoms with Gasteiger partial charge in [-0.2, -0.15) is 0 Å². The monoisotopic (exact) mass is 294 g/mol. The summed E-state index contributed by atoms with van der Waals surface area (Å²) in [4.78, 5) is 18.2. The molecule has 2 heterocycles. The smallest absolute Gasteiger partial charge is 0.319 e. The van der Waals surface area contributed by atoms with E-state index in [2.05, 4.69) is 27.4 Å². The lowest BCUT2D eigenvalue weighted by molar-refractivity contribution is 0.0209. The van der Waals surface area contributed by atoms with Crippen LogP contribution in [0.2, 0.25) is 0 Å². The summed E-state index contributed by atoms with van der Waals surface area (Å²) in [5.41, 5.74) is 0.632. The van der Waals surface area contributed by atoms with Gasteiger partial charge in [0.25, 0.3) is 0 Å².